The highest BCUT2D eigenvalue weighted by molar-refractivity contribution is 4.87. The highest BCUT2D eigenvalue weighted by Crippen LogP contribution is 2.23. The Kier molecular flexibility index (Phi) is 5.32. The summed E-state index contributed by atoms with van der Waals surface area (Å²) in [6.07, 6.45) is 7.01. The highest BCUT2D eigenvalue weighted by atomic mass is 16.5. The number of ether oxygens (including phenoxy) is 1. The monoisotopic (exact) mass is 281 g/mol. The van der Waals surface area contributed by atoms with Crippen molar-refractivity contribution in [3.8, 4) is 0 Å². The Morgan fingerprint density at radius 1 is 1.20 bits per heavy atom. The van der Waals surface area contributed by atoms with E-state index in [4.69, 9.17) is 4.74 Å². The van der Waals surface area contributed by atoms with Crippen molar-refractivity contribution >= 4 is 0 Å². The number of morpholine rings is 1. The first-order valence-corrected chi connectivity index (χ1v) is 8.66. The van der Waals surface area contributed by atoms with Crippen LogP contribution in [0.4, 0.5) is 0 Å². The van der Waals surface area contributed by atoms with Gasteiger partial charge in [0.15, 0.2) is 0 Å². The first-order valence-electron chi connectivity index (χ1n) is 8.66. The van der Waals surface area contributed by atoms with Gasteiger partial charge in [0.05, 0.1) is 12.7 Å². The first-order chi connectivity index (χ1) is 9.85. The Morgan fingerprint density at radius 3 is 3.05 bits per heavy atom. The summed E-state index contributed by atoms with van der Waals surface area (Å²) < 4.78 is 6.13. The Bertz CT molecular complexity index is 299. The molecule has 0 aromatic carbocycles. The Labute approximate surface area is 123 Å². The third-order valence-electron chi connectivity index (χ3n) is 5.12. The average molecular weight is 281 g/mol. The van der Waals surface area contributed by atoms with Gasteiger partial charge in [-0.1, -0.05) is 13.3 Å². The van der Waals surface area contributed by atoms with Gasteiger partial charge in [-0.25, -0.2) is 0 Å². The molecule has 3 fully saturated rings. The van der Waals surface area contributed by atoms with Crippen molar-refractivity contribution < 1.29 is 4.74 Å². The third-order valence-corrected chi connectivity index (χ3v) is 5.12. The van der Waals surface area contributed by atoms with Gasteiger partial charge < -0.3 is 10.1 Å². The summed E-state index contributed by atoms with van der Waals surface area (Å²) in [5, 5.41) is 3.69. The summed E-state index contributed by atoms with van der Waals surface area (Å²) in [5.74, 6) is 0. The molecule has 0 saturated carbocycles. The molecule has 0 spiro atoms. The maximum Gasteiger partial charge on any atom is 0.0829 e. The lowest BCUT2D eigenvalue weighted by molar-refractivity contribution is -0.0612. The van der Waals surface area contributed by atoms with Crippen molar-refractivity contribution in [3.05, 3.63) is 0 Å². The van der Waals surface area contributed by atoms with Gasteiger partial charge in [-0.15, -0.1) is 0 Å². The molecule has 0 aromatic rings. The van der Waals surface area contributed by atoms with Crippen LogP contribution < -0.4 is 5.32 Å². The van der Waals surface area contributed by atoms with Gasteiger partial charge in [0, 0.05) is 31.7 Å². The SMILES string of the molecule is CCCC1CN(CC2CN3CCCC3CO2)CCCN1. The summed E-state index contributed by atoms with van der Waals surface area (Å²) >= 11 is 0. The minimum Gasteiger partial charge on any atom is -0.374 e. The number of hydrogen-bond acceptors (Lipinski definition) is 4. The minimum absolute atomic E-state index is 0.435. The highest BCUT2D eigenvalue weighted by Gasteiger charge is 2.33. The van der Waals surface area contributed by atoms with Crippen molar-refractivity contribution in [1.29, 1.82) is 0 Å². The molecule has 3 rings (SSSR count). The van der Waals surface area contributed by atoms with Crippen LogP contribution >= 0.6 is 0 Å². The van der Waals surface area contributed by atoms with E-state index in [9.17, 15) is 0 Å². The van der Waals surface area contributed by atoms with Crippen LogP contribution in [0, 0.1) is 0 Å². The Hall–Kier alpha value is -0.160. The van der Waals surface area contributed by atoms with Crippen LogP contribution in [0.2, 0.25) is 0 Å². The standard InChI is InChI=1S/C16H31N3O/c1-2-5-14-10-18(8-4-7-17-14)11-16-12-19-9-3-6-15(19)13-20-16/h14-17H,2-13H2,1H3. The Balaban J connectivity index is 1.48. The minimum atomic E-state index is 0.435. The van der Waals surface area contributed by atoms with E-state index in [0.29, 0.717) is 12.1 Å². The van der Waals surface area contributed by atoms with E-state index in [1.165, 1.54) is 58.3 Å². The van der Waals surface area contributed by atoms with Gasteiger partial charge in [-0.3, -0.25) is 9.80 Å². The lowest BCUT2D eigenvalue weighted by Crippen LogP contribution is -2.51. The molecule has 0 aromatic heterocycles. The topological polar surface area (TPSA) is 27.7 Å². The van der Waals surface area contributed by atoms with E-state index in [-0.39, 0.29) is 0 Å². The van der Waals surface area contributed by atoms with Crippen molar-refractivity contribution in [2.75, 3.05) is 45.9 Å². The quantitative estimate of drug-likeness (QED) is 0.841. The van der Waals surface area contributed by atoms with Crippen molar-refractivity contribution in [1.82, 2.24) is 15.1 Å². The Morgan fingerprint density at radius 2 is 2.15 bits per heavy atom. The van der Waals surface area contributed by atoms with Crippen molar-refractivity contribution in [2.24, 2.45) is 0 Å². The molecule has 0 amide bonds. The molecule has 0 aliphatic carbocycles. The fourth-order valence-corrected chi connectivity index (χ4v) is 4.07. The van der Waals surface area contributed by atoms with Gasteiger partial charge in [0.1, 0.15) is 0 Å². The number of rotatable bonds is 4. The van der Waals surface area contributed by atoms with Crippen LogP contribution in [-0.2, 0) is 4.74 Å². The normalized spacial score (nSPS) is 36.8. The molecular weight excluding hydrogens is 250 g/mol. The molecule has 4 heteroatoms. The van der Waals surface area contributed by atoms with Gasteiger partial charge >= 0.3 is 0 Å². The van der Waals surface area contributed by atoms with Crippen LogP contribution in [0.25, 0.3) is 0 Å². The predicted molar refractivity (Wildman–Crippen MR) is 82.1 cm³/mol. The van der Waals surface area contributed by atoms with E-state index in [0.717, 1.165) is 25.7 Å². The smallest absolute Gasteiger partial charge is 0.0829 e. The second kappa shape index (κ2) is 7.21. The fraction of sp³-hybridized carbons (Fsp3) is 1.00. The number of fused-ring (bicyclic) bond motifs is 1. The van der Waals surface area contributed by atoms with E-state index in [1.54, 1.807) is 0 Å². The van der Waals surface area contributed by atoms with E-state index >= 15 is 0 Å². The van der Waals surface area contributed by atoms with E-state index in [1.807, 2.05) is 0 Å². The summed E-state index contributed by atoms with van der Waals surface area (Å²) in [6.45, 7) is 10.5. The van der Waals surface area contributed by atoms with Gasteiger partial charge in [0.25, 0.3) is 0 Å². The lowest BCUT2D eigenvalue weighted by atomic mass is 10.1. The zero-order valence-corrected chi connectivity index (χ0v) is 13.0. The van der Waals surface area contributed by atoms with Gasteiger partial charge in [-0.05, 0) is 45.3 Å². The van der Waals surface area contributed by atoms with Crippen LogP contribution in [0.15, 0.2) is 0 Å². The molecule has 4 nitrogen and oxygen atoms in total. The summed E-state index contributed by atoms with van der Waals surface area (Å²) in [6, 6.07) is 1.41. The van der Waals surface area contributed by atoms with Crippen LogP contribution in [0.5, 0.6) is 0 Å². The van der Waals surface area contributed by atoms with Gasteiger partial charge in [0.2, 0.25) is 0 Å². The zero-order chi connectivity index (χ0) is 13.8. The number of nitrogens with one attached hydrogen (secondary N) is 1. The predicted octanol–water partition coefficient (Wildman–Crippen LogP) is 1.31. The lowest BCUT2D eigenvalue weighted by Gasteiger charge is -2.37. The summed E-state index contributed by atoms with van der Waals surface area (Å²) in [4.78, 5) is 5.30. The van der Waals surface area contributed by atoms with Gasteiger partial charge in [-0.2, -0.15) is 0 Å². The molecule has 3 saturated heterocycles. The van der Waals surface area contributed by atoms with E-state index in [2.05, 4.69) is 22.0 Å². The summed E-state index contributed by atoms with van der Waals surface area (Å²) in [5.41, 5.74) is 0. The van der Waals surface area contributed by atoms with Crippen LogP contribution in [-0.4, -0.2) is 73.9 Å². The maximum atomic E-state index is 6.13. The molecule has 3 heterocycles. The van der Waals surface area contributed by atoms with Crippen molar-refractivity contribution in [3.63, 3.8) is 0 Å². The number of hydrogen-bond donors (Lipinski definition) is 1. The maximum absolute atomic E-state index is 6.13. The molecule has 116 valence electrons. The third kappa shape index (κ3) is 3.73. The van der Waals surface area contributed by atoms with Crippen LogP contribution in [0.1, 0.15) is 39.0 Å². The molecule has 0 bridgehead atoms. The first kappa shape index (κ1) is 14.8. The number of nitrogens with zero attached hydrogens (tertiary/aromatic N) is 2. The molecule has 3 atom stereocenters. The molecule has 3 aliphatic heterocycles. The molecule has 1 N–H and O–H groups in total. The summed E-state index contributed by atoms with van der Waals surface area (Å²) in [7, 11) is 0. The second-order valence-electron chi connectivity index (χ2n) is 6.80. The molecular formula is C16H31N3O. The van der Waals surface area contributed by atoms with E-state index < -0.39 is 0 Å². The molecule has 3 aliphatic rings. The average Bonchev–Trinajstić information content (AvgIpc) is 2.80. The van der Waals surface area contributed by atoms with Crippen LogP contribution in [0.3, 0.4) is 0 Å². The molecule has 3 unspecified atom stereocenters. The molecule has 0 radical (unpaired) electrons. The fourth-order valence-electron chi connectivity index (χ4n) is 4.07. The molecule has 20 heavy (non-hydrogen) atoms. The van der Waals surface area contributed by atoms with Crippen molar-refractivity contribution in [2.45, 2.75) is 57.2 Å². The largest absolute Gasteiger partial charge is 0.374 e. The second-order valence-corrected chi connectivity index (χ2v) is 6.80. The zero-order valence-electron chi connectivity index (χ0n) is 13.0.